The zero-order chi connectivity index (χ0) is 21.1. The highest BCUT2D eigenvalue weighted by Gasteiger charge is 2.31. The molecule has 0 aliphatic carbocycles. The van der Waals surface area contributed by atoms with E-state index < -0.39 is 12.1 Å². The summed E-state index contributed by atoms with van der Waals surface area (Å²) in [6, 6.07) is 6.40. The Morgan fingerprint density at radius 2 is 1.31 bits per heavy atom. The first-order valence-electron chi connectivity index (χ1n) is 8.73. The van der Waals surface area contributed by atoms with Crippen molar-refractivity contribution in [2.45, 2.75) is 12.5 Å². The molecule has 1 fully saturated rings. The molecule has 2 N–H and O–H groups in total. The maximum atomic E-state index is 12.4. The number of ether oxygens (including phenoxy) is 5. The minimum Gasteiger partial charge on any atom is -0.502 e. The van der Waals surface area contributed by atoms with Crippen LogP contribution in [-0.2, 0) is 9.53 Å². The smallest absolute Gasteiger partial charge is 0.334 e. The summed E-state index contributed by atoms with van der Waals surface area (Å²) in [5.41, 5.74) is 1.69. The molecule has 154 valence electrons. The molecule has 0 bridgehead atoms. The molecular weight excluding hydrogens is 380 g/mol. The van der Waals surface area contributed by atoms with Crippen LogP contribution in [0, 0.1) is 0 Å². The van der Waals surface area contributed by atoms with Crippen LogP contribution in [0.3, 0.4) is 0 Å². The lowest BCUT2D eigenvalue weighted by Gasteiger charge is -2.14. The van der Waals surface area contributed by atoms with Crippen molar-refractivity contribution in [3.8, 4) is 34.5 Å². The van der Waals surface area contributed by atoms with Gasteiger partial charge >= 0.3 is 5.97 Å². The normalized spacial score (nSPS) is 17.2. The van der Waals surface area contributed by atoms with Crippen LogP contribution >= 0.6 is 0 Å². The van der Waals surface area contributed by atoms with Gasteiger partial charge in [-0.15, -0.1) is 0 Å². The van der Waals surface area contributed by atoms with E-state index in [1.54, 1.807) is 30.3 Å². The second kappa shape index (κ2) is 8.22. The zero-order valence-corrected chi connectivity index (χ0v) is 16.5. The quantitative estimate of drug-likeness (QED) is 0.561. The first kappa shape index (κ1) is 20.2. The van der Waals surface area contributed by atoms with Gasteiger partial charge in [0.05, 0.1) is 28.4 Å². The Labute approximate surface area is 167 Å². The summed E-state index contributed by atoms with van der Waals surface area (Å²) in [5.74, 6) is 0.197. The highest BCUT2D eigenvalue weighted by molar-refractivity contribution is 5.96. The Morgan fingerprint density at radius 1 is 0.862 bits per heavy atom. The standard InChI is InChI=1S/C21H22O8/c1-25-15-6-11(7-16(26-2)19(15)22)5-13-10-14(29-21(13)24)12-8-17(27-3)20(23)18(9-12)28-4/h5-9,14,22-23H,10H2,1-4H3/b13-5+. The van der Waals surface area contributed by atoms with Crippen molar-refractivity contribution < 1.29 is 38.7 Å². The number of hydrogen-bond acceptors (Lipinski definition) is 8. The third-order valence-electron chi connectivity index (χ3n) is 4.63. The van der Waals surface area contributed by atoms with Crippen LogP contribution < -0.4 is 18.9 Å². The molecule has 0 amide bonds. The molecule has 1 saturated heterocycles. The van der Waals surface area contributed by atoms with Crippen LogP contribution in [0.5, 0.6) is 34.5 Å². The van der Waals surface area contributed by atoms with Crippen LogP contribution in [0.2, 0.25) is 0 Å². The molecule has 1 aliphatic rings. The van der Waals surface area contributed by atoms with Crippen LogP contribution in [0.4, 0.5) is 0 Å². The summed E-state index contributed by atoms with van der Waals surface area (Å²) in [6.07, 6.45) is 1.40. The molecule has 2 aromatic carbocycles. The Hall–Kier alpha value is -3.55. The average molecular weight is 402 g/mol. The van der Waals surface area contributed by atoms with E-state index >= 15 is 0 Å². The minimum absolute atomic E-state index is 0.118. The molecule has 8 heteroatoms. The molecule has 2 aromatic rings. The van der Waals surface area contributed by atoms with Gasteiger partial charge in [-0.2, -0.15) is 0 Å². The lowest BCUT2D eigenvalue weighted by molar-refractivity contribution is -0.139. The average Bonchev–Trinajstić information content (AvgIpc) is 3.09. The minimum atomic E-state index is -0.557. The van der Waals surface area contributed by atoms with Crippen LogP contribution in [-0.4, -0.2) is 44.6 Å². The summed E-state index contributed by atoms with van der Waals surface area (Å²) in [4.78, 5) is 12.4. The second-order valence-corrected chi connectivity index (χ2v) is 6.32. The topological polar surface area (TPSA) is 104 Å². The predicted octanol–water partition coefficient (Wildman–Crippen LogP) is 3.20. The second-order valence-electron chi connectivity index (χ2n) is 6.32. The van der Waals surface area contributed by atoms with Gasteiger partial charge < -0.3 is 33.9 Å². The van der Waals surface area contributed by atoms with E-state index in [4.69, 9.17) is 23.7 Å². The largest absolute Gasteiger partial charge is 0.502 e. The van der Waals surface area contributed by atoms with Gasteiger partial charge in [-0.25, -0.2) is 4.79 Å². The highest BCUT2D eigenvalue weighted by Crippen LogP contribution is 2.43. The third kappa shape index (κ3) is 3.87. The Bertz CT molecular complexity index is 913. The molecule has 1 aliphatic heterocycles. The fraction of sp³-hybridized carbons (Fsp3) is 0.286. The Balaban J connectivity index is 1.93. The van der Waals surface area contributed by atoms with Crippen molar-refractivity contribution in [2.24, 2.45) is 0 Å². The number of rotatable bonds is 6. The van der Waals surface area contributed by atoms with E-state index in [9.17, 15) is 15.0 Å². The van der Waals surface area contributed by atoms with Crippen molar-refractivity contribution >= 4 is 12.0 Å². The van der Waals surface area contributed by atoms with E-state index in [0.29, 0.717) is 23.1 Å². The molecule has 0 radical (unpaired) electrons. The van der Waals surface area contributed by atoms with E-state index in [2.05, 4.69) is 0 Å². The van der Waals surface area contributed by atoms with E-state index in [1.165, 1.54) is 28.4 Å². The van der Waals surface area contributed by atoms with Gasteiger partial charge in [0.2, 0.25) is 11.5 Å². The number of cyclic esters (lactones) is 1. The molecule has 29 heavy (non-hydrogen) atoms. The summed E-state index contributed by atoms with van der Waals surface area (Å²) in [7, 11) is 5.71. The maximum Gasteiger partial charge on any atom is 0.334 e. The molecule has 0 spiro atoms. The van der Waals surface area contributed by atoms with Crippen molar-refractivity contribution in [1.82, 2.24) is 0 Å². The van der Waals surface area contributed by atoms with Crippen LogP contribution in [0.15, 0.2) is 29.8 Å². The molecule has 0 aromatic heterocycles. The SMILES string of the molecule is COc1cc(/C=C2\CC(c3cc(OC)c(O)c(OC)c3)OC2=O)cc(OC)c1O. The van der Waals surface area contributed by atoms with Gasteiger partial charge in [-0.1, -0.05) is 0 Å². The lowest BCUT2D eigenvalue weighted by Crippen LogP contribution is -2.00. The molecular formula is C21H22O8. The molecule has 3 rings (SSSR count). The molecule has 1 unspecified atom stereocenters. The van der Waals surface area contributed by atoms with Crippen molar-refractivity contribution in [3.05, 3.63) is 41.0 Å². The molecule has 8 nitrogen and oxygen atoms in total. The number of benzene rings is 2. The fourth-order valence-electron chi connectivity index (χ4n) is 3.13. The summed E-state index contributed by atoms with van der Waals surface area (Å²) in [5, 5.41) is 20.1. The number of carbonyl (C=O) groups excluding carboxylic acids is 1. The number of phenols is 2. The van der Waals surface area contributed by atoms with Crippen LogP contribution in [0.1, 0.15) is 23.7 Å². The van der Waals surface area contributed by atoms with E-state index in [0.717, 1.165) is 0 Å². The monoisotopic (exact) mass is 402 g/mol. The summed E-state index contributed by atoms with van der Waals surface area (Å²) < 4.78 is 26.1. The maximum absolute atomic E-state index is 12.4. The number of aromatic hydroxyl groups is 2. The van der Waals surface area contributed by atoms with Gasteiger partial charge in [0.15, 0.2) is 23.0 Å². The lowest BCUT2D eigenvalue weighted by atomic mass is 10.0. The number of carbonyl (C=O) groups is 1. The summed E-state index contributed by atoms with van der Waals surface area (Å²) >= 11 is 0. The van der Waals surface area contributed by atoms with Gasteiger partial charge in [-0.3, -0.25) is 0 Å². The van der Waals surface area contributed by atoms with E-state index in [1.807, 2.05) is 0 Å². The molecule has 1 heterocycles. The summed E-state index contributed by atoms with van der Waals surface area (Å²) in [6.45, 7) is 0. The number of hydrogen-bond donors (Lipinski definition) is 2. The zero-order valence-electron chi connectivity index (χ0n) is 16.5. The van der Waals surface area contributed by atoms with Crippen molar-refractivity contribution in [1.29, 1.82) is 0 Å². The number of esters is 1. The Kier molecular flexibility index (Phi) is 5.72. The molecule has 1 atom stereocenters. The van der Waals surface area contributed by atoms with Gasteiger partial charge in [0.1, 0.15) is 6.10 Å². The third-order valence-corrected chi connectivity index (χ3v) is 4.63. The molecule has 0 saturated carbocycles. The van der Waals surface area contributed by atoms with Crippen molar-refractivity contribution in [2.75, 3.05) is 28.4 Å². The number of methoxy groups -OCH3 is 4. The van der Waals surface area contributed by atoms with Gasteiger partial charge in [-0.05, 0) is 35.9 Å². The van der Waals surface area contributed by atoms with Crippen molar-refractivity contribution in [3.63, 3.8) is 0 Å². The Morgan fingerprint density at radius 3 is 1.76 bits per heavy atom. The first-order valence-corrected chi connectivity index (χ1v) is 8.73. The van der Waals surface area contributed by atoms with Gasteiger partial charge in [0, 0.05) is 17.6 Å². The first-order chi connectivity index (χ1) is 13.9. The fourth-order valence-corrected chi connectivity index (χ4v) is 3.13. The predicted molar refractivity (Wildman–Crippen MR) is 104 cm³/mol. The van der Waals surface area contributed by atoms with Gasteiger partial charge in [0.25, 0.3) is 0 Å². The highest BCUT2D eigenvalue weighted by atomic mass is 16.6. The van der Waals surface area contributed by atoms with Crippen LogP contribution in [0.25, 0.3) is 6.08 Å². The number of phenolic OH excluding ortho intramolecular Hbond substituents is 2. The van der Waals surface area contributed by atoms with E-state index in [-0.39, 0.29) is 34.5 Å².